The Balaban J connectivity index is 0.000000530. The van der Waals surface area contributed by atoms with Gasteiger partial charge in [0.1, 0.15) is 6.10 Å². The lowest BCUT2D eigenvalue weighted by Gasteiger charge is -2.38. The summed E-state index contributed by atoms with van der Waals surface area (Å²) in [5.41, 5.74) is 1.47. The SMILES string of the molecule is C=C(C)C(=O)OC.C=C(CC)C(=O)OCCCCCC.C=CC(=O)OC1CC2CCC1(C)C2(C)C. The predicted molar refractivity (Wildman–Crippen MR) is 141 cm³/mol. The number of carbonyl (C=O) groups excluding carboxylic acids is 3. The normalized spacial score (nSPS) is 22.9. The van der Waals surface area contributed by atoms with Crippen LogP contribution in [-0.4, -0.2) is 37.7 Å². The second kappa shape index (κ2) is 15.6. The Morgan fingerprint density at radius 2 is 1.66 bits per heavy atom. The van der Waals surface area contributed by atoms with Crippen molar-refractivity contribution in [3.05, 3.63) is 37.0 Å². The van der Waals surface area contributed by atoms with Gasteiger partial charge >= 0.3 is 17.9 Å². The molecule has 0 radical (unpaired) electrons. The first-order valence-electron chi connectivity index (χ1n) is 12.7. The topological polar surface area (TPSA) is 78.9 Å². The van der Waals surface area contributed by atoms with E-state index < -0.39 is 0 Å². The van der Waals surface area contributed by atoms with Crippen molar-refractivity contribution in [2.24, 2.45) is 16.7 Å². The zero-order chi connectivity index (χ0) is 27.2. The van der Waals surface area contributed by atoms with Crippen LogP contribution < -0.4 is 0 Å². The van der Waals surface area contributed by atoms with Gasteiger partial charge in [0, 0.05) is 22.6 Å². The molecule has 2 rings (SSSR count). The number of hydrogen-bond acceptors (Lipinski definition) is 6. The molecule has 2 fully saturated rings. The molecule has 2 aliphatic rings. The van der Waals surface area contributed by atoms with Crippen molar-refractivity contribution in [1.29, 1.82) is 0 Å². The quantitative estimate of drug-likeness (QED) is 0.145. The average molecular weight is 493 g/mol. The molecule has 0 heterocycles. The minimum atomic E-state index is -0.347. The van der Waals surface area contributed by atoms with Crippen LogP contribution in [0.15, 0.2) is 37.0 Å². The zero-order valence-corrected chi connectivity index (χ0v) is 23.2. The van der Waals surface area contributed by atoms with Crippen LogP contribution >= 0.6 is 0 Å². The molecular weight excluding hydrogens is 444 g/mol. The summed E-state index contributed by atoms with van der Waals surface area (Å²) in [6.45, 7) is 23.5. The van der Waals surface area contributed by atoms with Gasteiger partial charge in [0.25, 0.3) is 0 Å². The van der Waals surface area contributed by atoms with E-state index in [0.717, 1.165) is 19.3 Å². The van der Waals surface area contributed by atoms with Gasteiger partial charge in [-0.2, -0.15) is 0 Å². The zero-order valence-electron chi connectivity index (χ0n) is 23.2. The van der Waals surface area contributed by atoms with E-state index in [0.29, 0.717) is 35.5 Å². The van der Waals surface area contributed by atoms with E-state index in [-0.39, 0.29) is 29.4 Å². The second-order valence-electron chi connectivity index (χ2n) is 10.2. The molecule has 0 aliphatic heterocycles. The van der Waals surface area contributed by atoms with Crippen molar-refractivity contribution in [2.45, 2.75) is 99.0 Å². The molecule has 0 saturated heterocycles. The van der Waals surface area contributed by atoms with Gasteiger partial charge in [-0.3, -0.25) is 0 Å². The number of esters is 3. The van der Waals surface area contributed by atoms with Crippen LogP contribution in [0.2, 0.25) is 0 Å². The van der Waals surface area contributed by atoms with E-state index in [2.05, 4.69) is 52.2 Å². The first-order valence-corrected chi connectivity index (χ1v) is 12.7. The van der Waals surface area contributed by atoms with Gasteiger partial charge in [-0.05, 0) is 50.4 Å². The van der Waals surface area contributed by atoms with Gasteiger partial charge in [0.05, 0.1) is 13.7 Å². The Morgan fingerprint density at radius 3 is 2.03 bits per heavy atom. The van der Waals surface area contributed by atoms with Crippen molar-refractivity contribution in [1.82, 2.24) is 0 Å². The number of unbranched alkanes of at least 4 members (excludes halogenated alkanes) is 3. The lowest BCUT2D eigenvalue weighted by atomic mass is 9.70. The maximum atomic E-state index is 11.3. The number of carbonyl (C=O) groups is 3. The van der Waals surface area contributed by atoms with Crippen LogP contribution in [0, 0.1) is 16.7 Å². The van der Waals surface area contributed by atoms with Crippen LogP contribution in [0.25, 0.3) is 0 Å². The Bertz CT molecular complexity index is 750. The molecule has 6 heteroatoms. The number of fused-ring (bicyclic) bond motifs is 2. The van der Waals surface area contributed by atoms with Gasteiger partial charge < -0.3 is 14.2 Å². The molecule has 0 aromatic rings. The minimum Gasteiger partial charge on any atom is -0.466 e. The highest BCUT2D eigenvalue weighted by atomic mass is 16.5. The van der Waals surface area contributed by atoms with E-state index in [1.807, 2.05) is 6.92 Å². The maximum absolute atomic E-state index is 11.3. The molecule has 0 amide bonds. The number of ether oxygens (including phenoxy) is 3. The summed E-state index contributed by atoms with van der Waals surface area (Å²) in [7, 11) is 1.33. The van der Waals surface area contributed by atoms with E-state index in [1.54, 1.807) is 6.92 Å². The molecule has 3 unspecified atom stereocenters. The fraction of sp³-hybridized carbons (Fsp3) is 0.690. The Morgan fingerprint density at radius 1 is 1.03 bits per heavy atom. The molecule has 0 spiro atoms. The van der Waals surface area contributed by atoms with Gasteiger partial charge in [0.15, 0.2) is 0 Å². The molecule has 0 aromatic heterocycles. The number of methoxy groups -OCH3 is 1. The lowest BCUT2D eigenvalue weighted by molar-refractivity contribution is -0.150. The molecule has 2 bridgehead atoms. The molecule has 6 nitrogen and oxygen atoms in total. The summed E-state index contributed by atoms with van der Waals surface area (Å²) in [4.78, 5) is 32.5. The van der Waals surface area contributed by atoms with E-state index in [1.165, 1.54) is 38.9 Å². The Kier molecular flexibility index (Phi) is 14.5. The maximum Gasteiger partial charge on any atom is 0.333 e. The van der Waals surface area contributed by atoms with Gasteiger partial charge in [-0.15, -0.1) is 0 Å². The van der Waals surface area contributed by atoms with Crippen LogP contribution in [0.5, 0.6) is 0 Å². The number of rotatable bonds is 10. The molecule has 200 valence electrons. The summed E-state index contributed by atoms with van der Waals surface area (Å²) in [5, 5.41) is 0. The average Bonchev–Trinajstić information content (AvgIpc) is 3.16. The van der Waals surface area contributed by atoms with E-state index in [4.69, 9.17) is 9.47 Å². The third kappa shape index (κ3) is 9.65. The van der Waals surface area contributed by atoms with Crippen molar-refractivity contribution < 1.29 is 28.6 Å². The summed E-state index contributed by atoms with van der Waals surface area (Å²) in [5.74, 6) is -0.145. The highest BCUT2D eigenvalue weighted by molar-refractivity contribution is 5.87. The van der Waals surface area contributed by atoms with Crippen molar-refractivity contribution >= 4 is 17.9 Å². The van der Waals surface area contributed by atoms with Crippen molar-refractivity contribution in [3.8, 4) is 0 Å². The fourth-order valence-corrected chi connectivity index (χ4v) is 4.61. The standard InChI is InChI=1S/C13H20O2.C11H20O2.C5H8O2/c1-5-11(14)15-10-8-9-6-7-13(10,4)12(9,2)3;1-4-6-7-8-9-13-11(12)10(3)5-2;1-4(2)5(6)7-3/h5,9-10H,1,6-8H2,2-4H3;3-9H2,1-2H3;1H2,2-3H3. The van der Waals surface area contributed by atoms with E-state index >= 15 is 0 Å². The lowest BCUT2D eigenvalue weighted by Crippen LogP contribution is -2.38. The van der Waals surface area contributed by atoms with Gasteiger partial charge in [0.2, 0.25) is 0 Å². The molecule has 35 heavy (non-hydrogen) atoms. The van der Waals surface area contributed by atoms with Crippen molar-refractivity contribution in [3.63, 3.8) is 0 Å². The molecule has 2 saturated carbocycles. The number of hydrogen-bond donors (Lipinski definition) is 0. The smallest absolute Gasteiger partial charge is 0.333 e. The van der Waals surface area contributed by atoms with Crippen LogP contribution in [0.1, 0.15) is 92.9 Å². The molecular formula is C29H48O6. The fourth-order valence-electron chi connectivity index (χ4n) is 4.61. The van der Waals surface area contributed by atoms with Gasteiger partial charge in [-0.1, -0.05) is 73.6 Å². The molecule has 0 N–H and O–H groups in total. The first kappa shape index (κ1) is 32.6. The summed E-state index contributed by atoms with van der Waals surface area (Å²) in [6.07, 6.45) is 10.1. The van der Waals surface area contributed by atoms with Gasteiger partial charge in [-0.25, -0.2) is 14.4 Å². The monoisotopic (exact) mass is 492 g/mol. The van der Waals surface area contributed by atoms with Crippen LogP contribution in [0.4, 0.5) is 0 Å². The Labute approximate surface area is 213 Å². The summed E-state index contributed by atoms with van der Waals surface area (Å²) >= 11 is 0. The van der Waals surface area contributed by atoms with Crippen LogP contribution in [0.3, 0.4) is 0 Å². The highest BCUT2D eigenvalue weighted by Crippen LogP contribution is 2.66. The summed E-state index contributed by atoms with van der Waals surface area (Å²) in [6, 6.07) is 0. The second-order valence-corrected chi connectivity index (χ2v) is 10.2. The Hall–Kier alpha value is -2.37. The predicted octanol–water partition coefficient (Wildman–Crippen LogP) is 6.74. The first-order chi connectivity index (χ1) is 16.3. The van der Waals surface area contributed by atoms with E-state index in [9.17, 15) is 14.4 Å². The third-order valence-electron chi connectivity index (χ3n) is 7.62. The largest absolute Gasteiger partial charge is 0.466 e. The highest BCUT2D eigenvalue weighted by Gasteiger charge is 2.62. The third-order valence-corrected chi connectivity index (χ3v) is 7.62. The molecule has 3 atom stereocenters. The molecule has 0 aromatic carbocycles. The van der Waals surface area contributed by atoms with Crippen molar-refractivity contribution in [2.75, 3.05) is 13.7 Å². The summed E-state index contributed by atoms with van der Waals surface area (Å²) < 4.78 is 14.8. The minimum absolute atomic E-state index is 0.0942. The van der Waals surface area contributed by atoms with Crippen LogP contribution in [-0.2, 0) is 28.6 Å². The molecule has 2 aliphatic carbocycles.